The minimum Gasteiger partial charge on any atom is -0.338 e. The normalized spacial score (nSPS) is 16.8. The highest BCUT2D eigenvalue weighted by Crippen LogP contribution is 2.29. The van der Waals surface area contributed by atoms with Crippen LogP contribution in [0.3, 0.4) is 0 Å². The fraction of sp³-hybridized carbons (Fsp3) is 0.500. The topological polar surface area (TPSA) is 89.5 Å². The molecule has 6 nitrogen and oxygen atoms in total. The molecule has 1 aliphatic heterocycles. The summed E-state index contributed by atoms with van der Waals surface area (Å²) in [5, 5.41) is 11.2. The van der Waals surface area contributed by atoms with Crippen LogP contribution < -0.4 is 5.73 Å². The Labute approximate surface area is 140 Å². The van der Waals surface area contributed by atoms with Gasteiger partial charge in [-0.05, 0) is 31.7 Å². The van der Waals surface area contributed by atoms with E-state index in [1.54, 1.807) is 4.90 Å². The third kappa shape index (κ3) is 3.88. The summed E-state index contributed by atoms with van der Waals surface area (Å²) in [4.78, 5) is 24.6. The smallest absolute Gasteiger partial charge is 0.283 e. The van der Waals surface area contributed by atoms with Gasteiger partial charge in [0.1, 0.15) is 5.56 Å². The summed E-state index contributed by atoms with van der Waals surface area (Å²) in [5.74, 6) is 0.00528. The van der Waals surface area contributed by atoms with Gasteiger partial charge in [-0.3, -0.25) is 14.9 Å². The molecule has 2 rings (SSSR count). The number of amides is 1. The van der Waals surface area contributed by atoms with E-state index in [4.69, 9.17) is 17.3 Å². The van der Waals surface area contributed by atoms with E-state index < -0.39 is 4.92 Å². The number of carbonyl (C=O) groups is 1. The van der Waals surface area contributed by atoms with Gasteiger partial charge in [0.05, 0.1) is 9.95 Å². The second kappa shape index (κ2) is 7.76. The number of halogens is 2. The van der Waals surface area contributed by atoms with Crippen molar-refractivity contribution in [1.29, 1.82) is 0 Å². The van der Waals surface area contributed by atoms with Crippen LogP contribution in [0.4, 0.5) is 5.69 Å². The van der Waals surface area contributed by atoms with E-state index in [-0.39, 0.29) is 40.6 Å². The lowest BCUT2D eigenvalue weighted by atomic mass is 9.90. The highest BCUT2D eigenvalue weighted by Gasteiger charge is 2.30. The van der Waals surface area contributed by atoms with Gasteiger partial charge in [0.2, 0.25) is 0 Å². The molecule has 8 heteroatoms. The Morgan fingerprint density at radius 2 is 2.05 bits per heavy atom. The third-order valence-electron chi connectivity index (χ3n) is 3.97. The average molecular weight is 348 g/mol. The molecule has 1 aliphatic rings. The van der Waals surface area contributed by atoms with E-state index in [1.165, 1.54) is 18.2 Å². The maximum atomic E-state index is 12.5. The van der Waals surface area contributed by atoms with Gasteiger partial charge in [-0.2, -0.15) is 0 Å². The number of piperidine rings is 1. The zero-order valence-electron chi connectivity index (χ0n) is 12.2. The van der Waals surface area contributed by atoms with Crippen LogP contribution in [0.25, 0.3) is 0 Å². The summed E-state index contributed by atoms with van der Waals surface area (Å²) in [6.45, 7) is 3.06. The van der Waals surface area contributed by atoms with E-state index in [0.717, 1.165) is 12.8 Å². The molecule has 1 heterocycles. The summed E-state index contributed by atoms with van der Waals surface area (Å²) in [5.41, 5.74) is 5.60. The Kier molecular flexibility index (Phi) is 6.59. The monoisotopic (exact) mass is 347 g/mol. The molecule has 0 bridgehead atoms. The number of nitrogens with two attached hydrogens (primary N) is 1. The standard InChI is InChI=1S/C14H18ClN3O3.ClH/c1-9(16)10-5-7-17(8-6-10)14(19)13-11(15)3-2-4-12(13)18(20)21;/h2-4,9-10H,5-8,16H2,1H3;1H. The molecule has 1 unspecified atom stereocenters. The minimum atomic E-state index is -0.576. The largest absolute Gasteiger partial charge is 0.338 e. The molecule has 2 N–H and O–H groups in total. The van der Waals surface area contributed by atoms with Crippen molar-refractivity contribution in [2.75, 3.05) is 13.1 Å². The lowest BCUT2D eigenvalue weighted by molar-refractivity contribution is -0.385. The molecule has 122 valence electrons. The van der Waals surface area contributed by atoms with Crippen LogP contribution in [0.5, 0.6) is 0 Å². The zero-order chi connectivity index (χ0) is 15.6. The van der Waals surface area contributed by atoms with Crippen molar-refractivity contribution >= 4 is 35.6 Å². The van der Waals surface area contributed by atoms with Gasteiger partial charge in [0, 0.05) is 25.2 Å². The molecular weight excluding hydrogens is 329 g/mol. The number of benzene rings is 1. The van der Waals surface area contributed by atoms with Crippen molar-refractivity contribution in [3.63, 3.8) is 0 Å². The van der Waals surface area contributed by atoms with Gasteiger partial charge in [-0.25, -0.2) is 0 Å². The minimum absolute atomic E-state index is 0. The van der Waals surface area contributed by atoms with Crippen molar-refractivity contribution in [3.8, 4) is 0 Å². The Morgan fingerprint density at radius 1 is 1.45 bits per heavy atom. The van der Waals surface area contributed by atoms with E-state index in [1.807, 2.05) is 6.92 Å². The Morgan fingerprint density at radius 3 is 2.55 bits per heavy atom. The maximum Gasteiger partial charge on any atom is 0.283 e. The van der Waals surface area contributed by atoms with Gasteiger partial charge in [-0.1, -0.05) is 17.7 Å². The first-order valence-electron chi connectivity index (χ1n) is 6.89. The van der Waals surface area contributed by atoms with Crippen LogP contribution in [0, 0.1) is 16.0 Å². The van der Waals surface area contributed by atoms with Crippen LogP contribution in [0.1, 0.15) is 30.1 Å². The average Bonchev–Trinajstić information content (AvgIpc) is 2.46. The number of likely N-dealkylation sites (tertiary alicyclic amines) is 1. The van der Waals surface area contributed by atoms with Crippen molar-refractivity contribution in [2.45, 2.75) is 25.8 Å². The molecule has 1 amide bonds. The molecule has 22 heavy (non-hydrogen) atoms. The molecule has 0 radical (unpaired) electrons. The van der Waals surface area contributed by atoms with Gasteiger partial charge >= 0.3 is 0 Å². The van der Waals surface area contributed by atoms with Crippen molar-refractivity contribution < 1.29 is 9.72 Å². The fourth-order valence-electron chi connectivity index (χ4n) is 2.66. The predicted octanol–water partition coefficient (Wildman–Crippen LogP) is 2.87. The molecule has 0 aliphatic carbocycles. The lowest BCUT2D eigenvalue weighted by Gasteiger charge is -2.33. The molecule has 0 spiro atoms. The zero-order valence-corrected chi connectivity index (χ0v) is 13.8. The van der Waals surface area contributed by atoms with Crippen LogP contribution >= 0.6 is 24.0 Å². The number of carbonyl (C=O) groups excluding carboxylic acids is 1. The quantitative estimate of drug-likeness (QED) is 0.672. The fourth-order valence-corrected chi connectivity index (χ4v) is 2.91. The molecule has 1 aromatic rings. The third-order valence-corrected chi connectivity index (χ3v) is 4.29. The molecule has 1 atom stereocenters. The second-order valence-corrected chi connectivity index (χ2v) is 5.79. The molecule has 1 fully saturated rings. The van der Waals surface area contributed by atoms with Gasteiger partial charge in [0.25, 0.3) is 11.6 Å². The number of nitro benzene ring substituents is 1. The Hall–Kier alpha value is -1.37. The summed E-state index contributed by atoms with van der Waals surface area (Å²) in [6.07, 6.45) is 1.61. The first-order chi connectivity index (χ1) is 9.91. The molecule has 1 aromatic carbocycles. The first kappa shape index (κ1) is 18.7. The van der Waals surface area contributed by atoms with E-state index >= 15 is 0 Å². The maximum absolute atomic E-state index is 12.5. The van der Waals surface area contributed by atoms with Crippen LogP contribution in [0.2, 0.25) is 5.02 Å². The van der Waals surface area contributed by atoms with E-state index in [9.17, 15) is 14.9 Å². The highest BCUT2D eigenvalue weighted by molar-refractivity contribution is 6.34. The SMILES string of the molecule is CC(N)C1CCN(C(=O)c2c(Cl)cccc2[N+](=O)[O-])CC1.Cl. The number of hydrogen-bond donors (Lipinski definition) is 1. The van der Waals surface area contributed by atoms with Gasteiger partial charge < -0.3 is 10.6 Å². The lowest BCUT2D eigenvalue weighted by Crippen LogP contribution is -2.42. The van der Waals surface area contributed by atoms with Crippen molar-refractivity contribution in [1.82, 2.24) is 4.90 Å². The summed E-state index contributed by atoms with van der Waals surface area (Å²) in [6, 6.07) is 4.36. The molecule has 0 aromatic heterocycles. The van der Waals surface area contributed by atoms with E-state index in [2.05, 4.69) is 0 Å². The molecular formula is C14H19Cl2N3O3. The highest BCUT2D eigenvalue weighted by atomic mass is 35.5. The van der Waals surface area contributed by atoms with Crippen LogP contribution in [0.15, 0.2) is 18.2 Å². The Balaban J connectivity index is 0.00000242. The predicted molar refractivity (Wildman–Crippen MR) is 87.6 cm³/mol. The Bertz CT molecular complexity index is 558. The summed E-state index contributed by atoms with van der Waals surface area (Å²) >= 11 is 5.99. The van der Waals surface area contributed by atoms with Crippen LogP contribution in [-0.4, -0.2) is 34.9 Å². The summed E-state index contributed by atoms with van der Waals surface area (Å²) in [7, 11) is 0. The number of rotatable bonds is 3. The first-order valence-corrected chi connectivity index (χ1v) is 7.27. The van der Waals surface area contributed by atoms with Gasteiger partial charge in [0.15, 0.2) is 0 Å². The van der Waals surface area contributed by atoms with Crippen molar-refractivity contribution in [2.24, 2.45) is 11.7 Å². The second-order valence-electron chi connectivity index (χ2n) is 5.38. The molecule has 0 saturated carbocycles. The number of nitro groups is 1. The number of nitrogens with zero attached hydrogens (tertiary/aromatic N) is 2. The van der Waals surface area contributed by atoms with Crippen molar-refractivity contribution in [3.05, 3.63) is 38.9 Å². The molecule has 1 saturated heterocycles. The number of hydrogen-bond acceptors (Lipinski definition) is 4. The van der Waals surface area contributed by atoms with E-state index in [0.29, 0.717) is 19.0 Å². The van der Waals surface area contributed by atoms with Crippen LogP contribution in [-0.2, 0) is 0 Å². The van der Waals surface area contributed by atoms with Gasteiger partial charge in [-0.15, -0.1) is 12.4 Å². The summed E-state index contributed by atoms with van der Waals surface area (Å²) < 4.78 is 0.